The van der Waals surface area contributed by atoms with Crippen LogP contribution >= 0.6 is 0 Å². The van der Waals surface area contributed by atoms with Crippen molar-refractivity contribution in [3.63, 3.8) is 0 Å². The molecule has 0 aliphatic heterocycles. The van der Waals surface area contributed by atoms with Crippen molar-refractivity contribution in [3.8, 4) is 0 Å². The molecule has 0 aromatic carbocycles. The quantitative estimate of drug-likeness (QED) is 0.649. The van der Waals surface area contributed by atoms with Crippen LogP contribution in [0.5, 0.6) is 0 Å². The van der Waals surface area contributed by atoms with Gasteiger partial charge in [0.25, 0.3) is 0 Å². The molecule has 1 heterocycles. The van der Waals surface area contributed by atoms with Gasteiger partial charge in [0, 0.05) is 45.1 Å². The minimum atomic E-state index is 0.506. The van der Waals surface area contributed by atoms with Crippen molar-refractivity contribution in [2.24, 2.45) is 7.05 Å². The smallest absolute Gasteiger partial charge is 0.109 e. The molecule has 1 aromatic heterocycles. The summed E-state index contributed by atoms with van der Waals surface area (Å²) in [6.07, 6.45) is 8.30. The second kappa shape index (κ2) is 9.11. The molecule has 0 saturated carbocycles. The van der Waals surface area contributed by atoms with E-state index in [4.69, 9.17) is 4.74 Å². The van der Waals surface area contributed by atoms with E-state index in [0.717, 1.165) is 44.8 Å². The van der Waals surface area contributed by atoms with Gasteiger partial charge in [0.05, 0.1) is 0 Å². The number of ether oxygens (including phenoxy) is 1. The van der Waals surface area contributed by atoms with Gasteiger partial charge in [0.1, 0.15) is 5.82 Å². The Kier molecular flexibility index (Phi) is 7.69. The fourth-order valence-electron chi connectivity index (χ4n) is 2.01. The van der Waals surface area contributed by atoms with E-state index >= 15 is 0 Å². The third-order valence-corrected chi connectivity index (χ3v) is 3.08. The third-order valence-electron chi connectivity index (χ3n) is 3.08. The van der Waals surface area contributed by atoms with Crippen LogP contribution in [0.2, 0.25) is 0 Å². The lowest BCUT2D eigenvalue weighted by atomic mass is 10.1. The van der Waals surface area contributed by atoms with Crippen LogP contribution in [-0.4, -0.2) is 35.4 Å². The first-order valence-corrected chi connectivity index (χ1v) is 7.05. The van der Waals surface area contributed by atoms with Gasteiger partial charge in [0.15, 0.2) is 0 Å². The van der Waals surface area contributed by atoms with E-state index < -0.39 is 0 Å². The highest BCUT2D eigenvalue weighted by atomic mass is 16.5. The molecule has 18 heavy (non-hydrogen) atoms. The lowest BCUT2D eigenvalue weighted by Crippen LogP contribution is -2.33. The predicted octanol–water partition coefficient (Wildman–Crippen LogP) is 2.15. The topological polar surface area (TPSA) is 39.1 Å². The Labute approximate surface area is 111 Å². The van der Waals surface area contributed by atoms with Crippen molar-refractivity contribution in [2.75, 3.05) is 19.8 Å². The Bertz CT molecular complexity index is 312. The number of aryl methyl sites for hydroxylation is 1. The van der Waals surface area contributed by atoms with E-state index in [2.05, 4.69) is 28.8 Å². The van der Waals surface area contributed by atoms with Crippen LogP contribution in [0.25, 0.3) is 0 Å². The van der Waals surface area contributed by atoms with Crippen molar-refractivity contribution in [1.29, 1.82) is 0 Å². The van der Waals surface area contributed by atoms with Crippen LogP contribution in [0.1, 0.15) is 38.9 Å². The van der Waals surface area contributed by atoms with Crippen LogP contribution in [0, 0.1) is 0 Å². The average molecular weight is 253 g/mol. The molecular weight excluding hydrogens is 226 g/mol. The minimum Gasteiger partial charge on any atom is -0.382 e. The van der Waals surface area contributed by atoms with Gasteiger partial charge in [-0.1, -0.05) is 6.92 Å². The fraction of sp³-hybridized carbons (Fsp3) is 0.786. The van der Waals surface area contributed by atoms with Crippen molar-refractivity contribution in [1.82, 2.24) is 14.9 Å². The summed E-state index contributed by atoms with van der Waals surface area (Å²) in [5.41, 5.74) is 0. The summed E-state index contributed by atoms with van der Waals surface area (Å²) in [4.78, 5) is 4.40. The summed E-state index contributed by atoms with van der Waals surface area (Å²) in [7, 11) is 2.05. The Hall–Kier alpha value is -0.870. The normalized spacial score (nSPS) is 12.8. The van der Waals surface area contributed by atoms with Crippen molar-refractivity contribution < 1.29 is 4.74 Å². The molecule has 0 aliphatic carbocycles. The van der Waals surface area contributed by atoms with E-state index in [1.165, 1.54) is 6.42 Å². The van der Waals surface area contributed by atoms with Crippen LogP contribution in [-0.2, 0) is 18.2 Å². The number of hydrogen-bond donors (Lipinski definition) is 1. The lowest BCUT2D eigenvalue weighted by molar-refractivity contribution is 0.140. The first-order chi connectivity index (χ1) is 8.77. The summed E-state index contributed by atoms with van der Waals surface area (Å²) in [6, 6.07) is 0.506. The molecule has 104 valence electrons. The largest absolute Gasteiger partial charge is 0.382 e. The molecule has 1 N–H and O–H groups in total. The van der Waals surface area contributed by atoms with E-state index in [9.17, 15) is 0 Å². The standard InChI is InChI=1S/C14H27N3O/c1-4-8-15-13(7-6-11-18-5-2)12-14-16-9-10-17(14)3/h9-10,13,15H,4-8,11-12H2,1-3H3. The molecule has 1 unspecified atom stereocenters. The number of imidazole rings is 1. The molecule has 0 spiro atoms. The maximum atomic E-state index is 5.40. The first kappa shape index (κ1) is 15.2. The van der Waals surface area contributed by atoms with Gasteiger partial charge in [-0.15, -0.1) is 0 Å². The Morgan fingerprint density at radius 1 is 1.44 bits per heavy atom. The van der Waals surface area contributed by atoms with Crippen LogP contribution in [0.3, 0.4) is 0 Å². The van der Waals surface area contributed by atoms with Crippen LogP contribution < -0.4 is 5.32 Å². The molecule has 1 atom stereocenters. The lowest BCUT2D eigenvalue weighted by Gasteiger charge is -2.18. The Morgan fingerprint density at radius 3 is 2.89 bits per heavy atom. The molecular formula is C14H27N3O. The van der Waals surface area contributed by atoms with Gasteiger partial charge in [0.2, 0.25) is 0 Å². The number of nitrogens with one attached hydrogen (secondary N) is 1. The first-order valence-electron chi connectivity index (χ1n) is 7.05. The third kappa shape index (κ3) is 5.65. The minimum absolute atomic E-state index is 0.506. The monoisotopic (exact) mass is 253 g/mol. The number of hydrogen-bond acceptors (Lipinski definition) is 3. The number of nitrogens with zero attached hydrogens (tertiary/aromatic N) is 2. The van der Waals surface area contributed by atoms with E-state index in [-0.39, 0.29) is 0 Å². The van der Waals surface area contributed by atoms with Crippen LogP contribution in [0.4, 0.5) is 0 Å². The number of aromatic nitrogens is 2. The van der Waals surface area contributed by atoms with Crippen LogP contribution in [0.15, 0.2) is 12.4 Å². The SMILES string of the molecule is CCCNC(CCCOCC)Cc1nccn1C. The molecule has 1 aromatic rings. The summed E-state index contributed by atoms with van der Waals surface area (Å²) in [6.45, 7) is 6.99. The zero-order valence-corrected chi connectivity index (χ0v) is 12.0. The summed E-state index contributed by atoms with van der Waals surface area (Å²) in [5.74, 6) is 1.15. The second-order valence-electron chi connectivity index (χ2n) is 4.65. The van der Waals surface area contributed by atoms with Crippen molar-refractivity contribution >= 4 is 0 Å². The predicted molar refractivity (Wildman–Crippen MR) is 74.7 cm³/mol. The highest BCUT2D eigenvalue weighted by Crippen LogP contribution is 2.06. The van der Waals surface area contributed by atoms with Crippen molar-refractivity contribution in [3.05, 3.63) is 18.2 Å². The highest BCUT2D eigenvalue weighted by Gasteiger charge is 2.11. The van der Waals surface area contributed by atoms with E-state index in [1.807, 2.05) is 19.3 Å². The number of rotatable bonds is 10. The average Bonchev–Trinajstić information content (AvgIpc) is 2.77. The van der Waals surface area contributed by atoms with Gasteiger partial charge in [-0.25, -0.2) is 4.98 Å². The molecule has 0 amide bonds. The maximum absolute atomic E-state index is 5.40. The summed E-state index contributed by atoms with van der Waals surface area (Å²) in [5, 5.41) is 3.60. The molecule has 0 saturated heterocycles. The molecule has 4 nitrogen and oxygen atoms in total. The Morgan fingerprint density at radius 2 is 2.28 bits per heavy atom. The summed E-state index contributed by atoms with van der Waals surface area (Å²) < 4.78 is 7.50. The molecule has 0 radical (unpaired) electrons. The molecule has 4 heteroatoms. The Balaban J connectivity index is 2.37. The molecule has 0 aliphatic rings. The van der Waals surface area contributed by atoms with E-state index in [0.29, 0.717) is 6.04 Å². The van der Waals surface area contributed by atoms with Gasteiger partial charge < -0.3 is 14.6 Å². The fourth-order valence-corrected chi connectivity index (χ4v) is 2.01. The summed E-state index contributed by atoms with van der Waals surface area (Å²) >= 11 is 0. The maximum Gasteiger partial charge on any atom is 0.109 e. The second-order valence-corrected chi connectivity index (χ2v) is 4.65. The van der Waals surface area contributed by atoms with E-state index in [1.54, 1.807) is 0 Å². The van der Waals surface area contributed by atoms with Crippen molar-refractivity contribution in [2.45, 2.75) is 45.6 Å². The zero-order chi connectivity index (χ0) is 13.2. The van der Waals surface area contributed by atoms with Gasteiger partial charge >= 0.3 is 0 Å². The zero-order valence-electron chi connectivity index (χ0n) is 12.0. The van der Waals surface area contributed by atoms with Gasteiger partial charge in [-0.3, -0.25) is 0 Å². The molecule has 0 fully saturated rings. The van der Waals surface area contributed by atoms with Gasteiger partial charge in [-0.05, 0) is 32.7 Å². The van der Waals surface area contributed by atoms with Gasteiger partial charge in [-0.2, -0.15) is 0 Å². The molecule has 0 bridgehead atoms. The highest BCUT2D eigenvalue weighted by molar-refractivity contribution is 4.94. The molecule has 1 rings (SSSR count).